The van der Waals surface area contributed by atoms with E-state index in [0.717, 1.165) is 5.56 Å². The van der Waals surface area contributed by atoms with Crippen molar-refractivity contribution < 1.29 is 28.3 Å². The summed E-state index contributed by atoms with van der Waals surface area (Å²) in [5, 5.41) is 0. The highest BCUT2D eigenvalue weighted by Crippen LogP contribution is 2.60. The van der Waals surface area contributed by atoms with Crippen LogP contribution in [0.3, 0.4) is 0 Å². The molecule has 0 aromatic carbocycles. The van der Waals surface area contributed by atoms with Crippen LogP contribution in [0.4, 0.5) is 0 Å². The lowest BCUT2D eigenvalue weighted by molar-refractivity contribution is -0.184. The van der Waals surface area contributed by atoms with Gasteiger partial charge in [-0.25, -0.2) is 0 Å². The molecule has 0 spiro atoms. The minimum atomic E-state index is -0.679. The summed E-state index contributed by atoms with van der Waals surface area (Å²) in [5.41, 5.74) is 0.770. The van der Waals surface area contributed by atoms with Crippen molar-refractivity contribution in [1.82, 2.24) is 0 Å². The smallest absolute Gasteiger partial charge is 0.309 e. The molecule has 1 saturated carbocycles. The van der Waals surface area contributed by atoms with E-state index in [1.807, 2.05) is 20.8 Å². The quantitative estimate of drug-likeness (QED) is 0.741. The number of ether oxygens (including phenoxy) is 2. The zero-order chi connectivity index (χ0) is 20.1. The highest BCUT2D eigenvalue weighted by atomic mass is 16.6. The predicted octanol–water partition coefficient (Wildman–Crippen LogP) is 4.01. The van der Waals surface area contributed by atoms with Crippen molar-refractivity contribution in [3.8, 4) is 0 Å². The van der Waals surface area contributed by atoms with Gasteiger partial charge in [-0.15, -0.1) is 0 Å². The first-order chi connectivity index (χ1) is 12.6. The Morgan fingerprint density at radius 1 is 1.26 bits per heavy atom. The molecule has 5 atom stereocenters. The Balaban J connectivity index is 2.11. The fourth-order valence-corrected chi connectivity index (χ4v) is 4.70. The van der Waals surface area contributed by atoms with E-state index < -0.39 is 11.5 Å². The lowest BCUT2D eigenvalue weighted by atomic mass is 9.53. The molecule has 2 aliphatic rings. The predicted molar refractivity (Wildman–Crippen MR) is 97.0 cm³/mol. The minimum absolute atomic E-state index is 0.0504. The average molecular weight is 376 g/mol. The molecular weight excluding hydrogens is 348 g/mol. The Morgan fingerprint density at radius 3 is 2.52 bits per heavy atom. The van der Waals surface area contributed by atoms with Crippen molar-refractivity contribution in [3.63, 3.8) is 0 Å². The zero-order valence-corrected chi connectivity index (χ0v) is 16.8. The van der Waals surface area contributed by atoms with Crippen molar-refractivity contribution in [2.75, 3.05) is 0 Å². The Morgan fingerprint density at radius 2 is 1.93 bits per heavy atom. The van der Waals surface area contributed by atoms with E-state index in [1.54, 1.807) is 20.1 Å². The van der Waals surface area contributed by atoms with Gasteiger partial charge in [-0.2, -0.15) is 0 Å². The second kappa shape index (κ2) is 6.80. The topological polar surface area (TPSA) is 82.8 Å². The van der Waals surface area contributed by atoms with Gasteiger partial charge in [0.25, 0.3) is 0 Å². The Bertz CT molecular complexity index is 776. The van der Waals surface area contributed by atoms with Gasteiger partial charge in [-0.05, 0) is 25.3 Å². The van der Waals surface area contributed by atoms with Gasteiger partial charge in [0.05, 0.1) is 12.2 Å². The maximum atomic E-state index is 13.2. The molecule has 6 heteroatoms. The highest BCUT2D eigenvalue weighted by molar-refractivity contribution is 5.99. The SMILES string of the molecule is CC(=O)OC1CCC2C(=O)c3occ(C)c3C(OC(=O)C(C)C)C2(C)C1C. The highest BCUT2D eigenvalue weighted by Gasteiger charge is 2.61. The molecule has 1 fully saturated rings. The van der Waals surface area contributed by atoms with Crippen LogP contribution in [0.1, 0.15) is 75.2 Å². The number of carbonyl (C=O) groups excluding carboxylic acids is 3. The van der Waals surface area contributed by atoms with E-state index in [4.69, 9.17) is 13.9 Å². The van der Waals surface area contributed by atoms with Crippen molar-refractivity contribution >= 4 is 17.7 Å². The molecule has 1 aromatic heterocycles. The molecule has 0 saturated heterocycles. The molecule has 0 N–H and O–H groups in total. The maximum Gasteiger partial charge on any atom is 0.309 e. The number of aryl methyl sites for hydroxylation is 1. The molecular formula is C21H28O6. The number of hydrogen-bond acceptors (Lipinski definition) is 6. The number of rotatable bonds is 3. The van der Waals surface area contributed by atoms with Crippen molar-refractivity contribution in [2.45, 2.75) is 66.6 Å². The molecule has 27 heavy (non-hydrogen) atoms. The van der Waals surface area contributed by atoms with Crippen molar-refractivity contribution in [1.29, 1.82) is 0 Å². The monoisotopic (exact) mass is 376 g/mol. The van der Waals surface area contributed by atoms with Crippen LogP contribution in [0, 0.1) is 30.1 Å². The number of ketones is 1. The first-order valence-corrected chi connectivity index (χ1v) is 9.58. The molecule has 6 nitrogen and oxygen atoms in total. The third-order valence-electron chi connectivity index (χ3n) is 6.44. The van der Waals surface area contributed by atoms with E-state index in [1.165, 1.54) is 6.92 Å². The largest absolute Gasteiger partial charge is 0.462 e. The van der Waals surface area contributed by atoms with E-state index in [2.05, 4.69) is 0 Å². The molecule has 0 bridgehead atoms. The van der Waals surface area contributed by atoms with Gasteiger partial charge in [-0.1, -0.05) is 27.7 Å². The van der Waals surface area contributed by atoms with Crippen LogP contribution >= 0.6 is 0 Å². The van der Waals surface area contributed by atoms with Gasteiger partial charge >= 0.3 is 11.9 Å². The van der Waals surface area contributed by atoms with Gasteiger partial charge in [0.2, 0.25) is 5.78 Å². The zero-order valence-electron chi connectivity index (χ0n) is 16.8. The number of carbonyl (C=O) groups is 3. The minimum Gasteiger partial charge on any atom is -0.462 e. The molecule has 2 aliphatic carbocycles. The van der Waals surface area contributed by atoms with Gasteiger partial charge < -0.3 is 13.9 Å². The number of furan rings is 1. The third-order valence-corrected chi connectivity index (χ3v) is 6.44. The molecule has 0 radical (unpaired) electrons. The fraction of sp³-hybridized carbons (Fsp3) is 0.667. The van der Waals surface area contributed by atoms with Crippen LogP contribution < -0.4 is 0 Å². The molecule has 3 rings (SSSR count). The normalized spacial score (nSPS) is 32.6. The second-order valence-corrected chi connectivity index (χ2v) is 8.43. The Hall–Kier alpha value is -2.11. The molecule has 5 unspecified atom stereocenters. The fourth-order valence-electron chi connectivity index (χ4n) is 4.70. The standard InChI is InChI=1S/C21H28O6/c1-10(2)20(24)27-19-16-11(3)9-25-18(16)17(23)14-7-8-15(26-13(5)22)12(4)21(14,19)6/h9-10,12,14-15,19H,7-8H2,1-6H3. The van der Waals surface area contributed by atoms with Gasteiger partial charge in [0.1, 0.15) is 12.2 Å². The molecule has 0 aliphatic heterocycles. The summed E-state index contributed by atoms with van der Waals surface area (Å²) >= 11 is 0. The van der Waals surface area contributed by atoms with E-state index in [-0.39, 0.29) is 41.6 Å². The summed E-state index contributed by atoms with van der Waals surface area (Å²) in [7, 11) is 0. The van der Waals surface area contributed by atoms with E-state index >= 15 is 0 Å². The first kappa shape index (κ1) is 19.6. The van der Waals surface area contributed by atoms with Crippen molar-refractivity contribution in [2.24, 2.45) is 23.2 Å². The van der Waals surface area contributed by atoms with E-state index in [0.29, 0.717) is 24.2 Å². The lowest BCUT2D eigenvalue weighted by Crippen LogP contribution is -2.55. The molecule has 1 aromatic rings. The second-order valence-electron chi connectivity index (χ2n) is 8.43. The summed E-state index contributed by atoms with van der Waals surface area (Å²) in [4.78, 5) is 37.2. The summed E-state index contributed by atoms with van der Waals surface area (Å²) in [5.74, 6) is -1.20. The Kier molecular flexibility index (Phi) is 4.95. The summed E-state index contributed by atoms with van der Waals surface area (Å²) in [6.45, 7) is 10.8. The Labute approximate surface area is 159 Å². The number of Topliss-reactive ketones (excluding diaryl/α,β-unsaturated/α-hetero) is 1. The average Bonchev–Trinajstić information content (AvgIpc) is 2.96. The van der Waals surface area contributed by atoms with Crippen LogP contribution in [0.15, 0.2) is 10.7 Å². The van der Waals surface area contributed by atoms with Crippen LogP contribution in [-0.2, 0) is 19.1 Å². The van der Waals surface area contributed by atoms with Crippen LogP contribution in [0.5, 0.6) is 0 Å². The summed E-state index contributed by atoms with van der Waals surface area (Å²) in [6.07, 6.45) is 1.79. The third kappa shape index (κ3) is 2.99. The molecule has 0 amide bonds. The van der Waals surface area contributed by atoms with Gasteiger partial charge in [-0.3, -0.25) is 14.4 Å². The van der Waals surface area contributed by atoms with Crippen LogP contribution in [0.2, 0.25) is 0 Å². The number of esters is 2. The summed E-state index contributed by atoms with van der Waals surface area (Å²) < 4.78 is 17.1. The van der Waals surface area contributed by atoms with Crippen molar-refractivity contribution in [3.05, 3.63) is 23.2 Å². The lowest BCUT2D eigenvalue weighted by Gasteiger charge is -2.53. The number of fused-ring (bicyclic) bond motifs is 2. The maximum absolute atomic E-state index is 13.2. The van der Waals surface area contributed by atoms with Gasteiger partial charge in [0.15, 0.2) is 5.76 Å². The van der Waals surface area contributed by atoms with Crippen LogP contribution in [-0.4, -0.2) is 23.8 Å². The van der Waals surface area contributed by atoms with Crippen LogP contribution in [0.25, 0.3) is 0 Å². The molecule has 148 valence electrons. The van der Waals surface area contributed by atoms with E-state index in [9.17, 15) is 14.4 Å². The number of hydrogen-bond donors (Lipinski definition) is 0. The first-order valence-electron chi connectivity index (χ1n) is 9.58. The summed E-state index contributed by atoms with van der Waals surface area (Å²) in [6, 6.07) is 0. The molecule has 1 heterocycles. The van der Waals surface area contributed by atoms with Gasteiger partial charge in [0, 0.05) is 29.7 Å².